The van der Waals surface area contributed by atoms with Crippen LogP contribution in [-0.4, -0.2) is 38.5 Å². The van der Waals surface area contributed by atoms with Crippen molar-refractivity contribution in [3.05, 3.63) is 0 Å². The van der Waals surface area contributed by atoms with Crippen LogP contribution in [0.1, 0.15) is 44.9 Å². The maximum absolute atomic E-state index is 6.16. The van der Waals surface area contributed by atoms with Crippen molar-refractivity contribution >= 4 is 0 Å². The second-order valence-electron chi connectivity index (χ2n) is 6.34. The summed E-state index contributed by atoms with van der Waals surface area (Å²) >= 11 is 0. The lowest BCUT2D eigenvalue weighted by Gasteiger charge is -2.45. The summed E-state index contributed by atoms with van der Waals surface area (Å²) in [6.07, 6.45) is 8.97. The van der Waals surface area contributed by atoms with Crippen LogP contribution in [0.25, 0.3) is 0 Å². The highest BCUT2D eigenvalue weighted by Gasteiger charge is 2.41. The minimum absolute atomic E-state index is 0.181. The fourth-order valence-electron chi connectivity index (χ4n) is 4.08. The van der Waals surface area contributed by atoms with Gasteiger partial charge in [-0.15, -0.1) is 0 Å². The number of nitrogens with one attached hydrogen (secondary N) is 1. The molecule has 1 spiro atoms. The summed E-state index contributed by atoms with van der Waals surface area (Å²) in [6, 6.07) is 0. The zero-order chi connectivity index (χ0) is 12.3. The minimum atomic E-state index is 0.181. The van der Waals surface area contributed by atoms with Gasteiger partial charge in [0, 0.05) is 19.8 Å². The van der Waals surface area contributed by atoms with Crippen LogP contribution in [0.3, 0.4) is 0 Å². The molecule has 3 fully saturated rings. The topological polar surface area (TPSA) is 30.5 Å². The van der Waals surface area contributed by atoms with Gasteiger partial charge in [0.15, 0.2) is 0 Å². The number of hydrogen-bond donors (Lipinski definition) is 1. The summed E-state index contributed by atoms with van der Waals surface area (Å²) in [5, 5.41) is 3.54. The van der Waals surface area contributed by atoms with E-state index in [1.165, 1.54) is 45.2 Å². The standard InChI is InChI=1S/C15H27NO2/c1-2-13(3-8-16-7-1)14-4-9-18-15(12-14)5-10-17-11-6-15/h13-14,16H,1-12H2. The summed E-state index contributed by atoms with van der Waals surface area (Å²) in [4.78, 5) is 0. The van der Waals surface area contributed by atoms with Gasteiger partial charge in [0.25, 0.3) is 0 Å². The van der Waals surface area contributed by atoms with Crippen molar-refractivity contribution in [3.63, 3.8) is 0 Å². The Hall–Kier alpha value is -0.120. The third-order valence-corrected chi connectivity index (χ3v) is 5.22. The first-order valence-corrected chi connectivity index (χ1v) is 7.80. The second kappa shape index (κ2) is 5.89. The summed E-state index contributed by atoms with van der Waals surface area (Å²) in [5.74, 6) is 1.83. The van der Waals surface area contributed by atoms with Gasteiger partial charge in [0.2, 0.25) is 0 Å². The van der Waals surface area contributed by atoms with E-state index in [1.807, 2.05) is 0 Å². The van der Waals surface area contributed by atoms with E-state index in [4.69, 9.17) is 9.47 Å². The maximum Gasteiger partial charge on any atom is 0.0729 e. The SMILES string of the molecule is C1CNCCC(C2CCOC3(CCOCC3)C2)C1. The molecule has 0 aliphatic carbocycles. The molecule has 3 saturated heterocycles. The molecule has 3 rings (SSSR count). The Labute approximate surface area is 111 Å². The summed E-state index contributed by atoms with van der Waals surface area (Å²) in [6.45, 7) is 5.23. The van der Waals surface area contributed by atoms with Gasteiger partial charge in [-0.2, -0.15) is 0 Å². The van der Waals surface area contributed by atoms with Gasteiger partial charge in [0.1, 0.15) is 0 Å². The van der Waals surface area contributed by atoms with Gasteiger partial charge in [-0.25, -0.2) is 0 Å². The van der Waals surface area contributed by atoms with E-state index in [0.717, 1.165) is 44.5 Å². The molecule has 2 atom stereocenters. The predicted octanol–water partition coefficient (Wildman–Crippen LogP) is 2.35. The van der Waals surface area contributed by atoms with Crippen molar-refractivity contribution in [2.45, 2.75) is 50.5 Å². The molecular formula is C15H27NO2. The Balaban J connectivity index is 1.61. The maximum atomic E-state index is 6.16. The zero-order valence-electron chi connectivity index (χ0n) is 11.5. The van der Waals surface area contributed by atoms with Crippen LogP contribution in [0.2, 0.25) is 0 Å². The largest absolute Gasteiger partial charge is 0.381 e. The molecule has 0 aromatic heterocycles. The normalized spacial score (nSPS) is 37.3. The van der Waals surface area contributed by atoms with Crippen LogP contribution in [0.4, 0.5) is 0 Å². The number of rotatable bonds is 1. The highest BCUT2D eigenvalue weighted by molar-refractivity contribution is 4.91. The molecule has 3 heteroatoms. The molecule has 18 heavy (non-hydrogen) atoms. The highest BCUT2D eigenvalue weighted by atomic mass is 16.5. The first kappa shape index (κ1) is 12.9. The van der Waals surface area contributed by atoms with Crippen LogP contribution < -0.4 is 5.32 Å². The van der Waals surface area contributed by atoms with Crippen molar-refractivity contribution in [2.24, 2.45) is 11.8 Å². The lowest BCUT2D eigenvalue weighted by Crippen LogP contribution is -2.45. The molecule has 3 heterocycles. The van der Waals surface area contributed by atoms with E-state index < -0.39 is 0 Å². The summed E-state index contributed by atoms with van der Waals surface area (Å²) in [7, 11) is 0. The van der Waals surface area contributed by atoms with E-state index in [1.54, 1.807) is 0 Å². The lowest BCUT2D eigenvalue weighted by atomic mass is 9.73. The molecule has 3 aliphatic heterocycles. The summed E-state index contributed by atoms with van der Waals surface area (Å²) < 4.78 is 11.7. The van der Waals surface area contributed by atoms with Crippen molar-refractivity contribution in [1.82, 2.24) is 5.32 Å². The van der Waals surface area contributed by atoms with Crippen LogP contribution >= 0.6 is 0 Å². The number of ether oxygens (including phenoxy) is 2. The fraction of sp³-hybridized carbons (Fsp3) is 1.00. The van der Waals surface area contributed by atoms with Gasteiger partial charge in [0.05, 0.1) is 5.60 Å². The van der Waals surface area contributed by atoms with Gasteiger partial charge < -0.3 is 14.8 Å². The Morgan fingerprint density at radius 1 is 0.889 bits per heavy atom. The van der Waals surface area contributed by atoms with Gasteiger partial charge >= 0.3 is 0 Å². The average molecular weight is 253 g/mol. The molecule has 0 radical (unpaired) electrons. The molecule has 3 aliphatic rings. The molecule has 104 valence electrons. The fourth-order valence-corrected chi connectivity index (χ4v) is 4.08. The monoisotopic (exact) mass is 253 g/mol. The molecule has 0 aromatic carbocycles. The molecule has 0 saturated carbocycles. The smallest absolute Gasteiger partial charge is 0.0729 e. The molecule has 2 unspecified atom stereocenters. The molecule has 1 N–H and O–H groups in total. The van der Waals surface area contributed by atoms with Crippen LogP contribution in [0.15, 0.2) is 0 Å². The van der Waals surface area contributed by atoms with Crippen molar-refractivity contribution in [3.8, 4) is 0 Å². The highest BCUT2D eigenvalue weighted by Crippen LogP contribution is 2.41. The van der Waals surface area contributed by atoms with Gasteiger partial charge in [-0.1, -0.05) is 0 Å². The third kappa shape index (κ3) is 2.89. The zero-order valence-corrected chi connectivity index (χ0v) is 11.5. The Morgan fingerprint density at radius 3 is 2.67 bits per heavy atom. The van der Waals surface area contributed by atoms with Crippen LogP contribution in [-0.2, 0) is 9.47 Å². The molecule has 0 bridgehead atoms. The van der Waals surface area contributed by atoms with E-state index in [2.05, 4.69) is 5.32 Å². The summed E-state index contributed by atoms with van der Waals surface area (Å²) in [5.41, 5.74) is 0.181. The first-order valence-electron chi connectivity index (χ1n) is 7.80. The molecule has 3 nitrogen and oxygen atoms in total. The van der Waals surface area contributed by atoms with E-state index in [0.29, 0.717) is 0 Å². The van der Waals surface area contributed by atoms with Gasteiger partial charge in [-0.05, 0) is 69.9 Å². The molecule has 0 aromatic rings. The predicted molar refractivity (Wildman–Crippen MR) is 71.7 cm³/mol. The number of hydrogen-bond acceptors (Lipinski definition) is 3. The third-order valence-electron chi connectivity index (χ3n) is 5.22. The van der Waals surface area contributed by atoms with E-state index in [-0.39, 0.29) is 5.60 Å². The van der Waals surface area contributed by atoms with Crippen LogP contribution in [0.5, 0.6) is 0 Å². The van der Waals surface area contributed by atoms with Crippen molar-refractivity contribution < 1.29 is 9.47 Å². The first-order chi connectivity index (χ1) is 8.88. The van der Waals surface area contributed by atoms with E-state index in [9.17, 15) is 0 Å². The van der Waals surface area contributed by atoms with Crippen LogP contribution in [0, 0.1) is 11.8 Å². The average Bonchev–Trinajstić information content (AvgIpc) is 2.68. The molecular weight excluding hydrogens is 226 g/mol. The minimum Gasteiger partial charge on any atom is -0.381 e. The Kier molecular flexibility index (Phi) is 4.22. The second-order valence-corrected chi connectivity index (χ2v) is 6.34. The van der Waals surface area contributed by atoms with Crippen molar-refractivity contribution in [1.29, 1.82) is 0 Å². The van der Waals surface area contributed by atoms with Gasteiger partial charge in [-0.3, -0.25) is 0 Å². The quantitative estimate of drug-likeness (QED) is 0.778. The Bertz CT molecular complexity index is 250. The molecule has 0 amide bonds. The van der Waals surface area contributed by atoms with E-state index >= 15 is 0 Å². The lowest BCUT2D eigenvalue weighted by molar-refractivity contribution is -0.153. The Morgan fingerprint density at radius 2 is 1.78 bits per heavy atom. The van der Waals surface area contributed by atoms with Crippen molar-refractivity contribution in [2.75, 3.05) is 32.9 Å².